The van der Waals surface area contributed by atoms with Crippen molar-refractivity contribution in [2.24, 2.45) is 0 Å². The van der Waals surface area contributed by atoms with Crippen LogP contribution >= 0.6 is 0 Å². The van der Waals surface area contributed by atoms with E-state index in [0.29, 0.717) is 18.6 Å². The van der Waals surface area contributed by atoms with Crippen LogP contribution in [0, 0.1) is 6.92 Å². The first-order valence-corrected chi connectivity index (χ1v) is 7.01. The number of nitrogens with zero attached hydrogens (tertiary/aromatic N) is 4. The van der Waals surface area contributed by atoms with E-state index in [1.54, 1.807) is 0 Å². The van der Waals surface area contributed by atoms with Crippen molar-refractivity contribution >= 4 is 17.4 Å². The van der Waals surface area contributed by atoms with E-state index < -0.39 is 0 Å². The molecule has 0 atom stereocenters. The third kappa shape index (κ3) is 3.22. The Balaban J connectivity index is 2.23. The number of hydrogen-bond donors (Lipinski definition) is 0. The van der Waals surface area contributed by atoms with Crippen LogP contribution in [0.4, 0.5) is 11.6 Å². The fourth-order valence-corrected chi connectivity index (χ4v) is 2.39. The normalized spacial score (nSPS) is 15.7. The number of aryl methyl sites for hydroxylation is 1. The summed E-state index contributed by atoms with van der Waals surface area (Å²) < 4.78 is 0. The van der Waals surface area contributed by atoms with Gasteiger partial charge in [0.05, 0.1) is 0 Å². The molecule has 2 rings (SSSR count). The maximum atomic E-state index is 11.3. The van der Waals surface area contributed by atoms with E-state index in [4.69, 9.17) is 0 Å². The fraction of sp³-hybridized carbons (Fsp3) is 0.643. The van der Waals surface area contributed by atoms with Gasteiger partial charge in [-0.25, -0.2) is 9.97 Å². The lowest BCUT2D eigenvalue weighted by Gasteiger charge is -2.28. The van der Waals surface area contributed by atoms with Crippen LogP contribution in [0.1, 0.15) is 32.5 Å². The molecule has 0 spiro atoms. The Morgan fingerprint density at radius 1 is 1.21 bits per heavy atom. The molecule has 0 N–H and O–H groups in total. The van der Waals surface area contributed by atoms with Crippen LogP contribution in [-0.2, 0) is 4.79 Å². The van der Waals surface area contributed by atoms with Crippen LogP contribution in [0.2, 0.25) is 0 Å². The third-order valence-electron chi connectivity index (χ3n) is 3.54. The predicted molar refractivity (Wildman–Crippen MR) is 76.8 cm³/mol. The SMILES string of the molecule is CCN(CC)c1cc(N2CCC(=O)CC2)nc(C)n1. The lowest BCUT2D eigenvalue weighted by Crippen LogP contribution is -2.35. The molecule has 0 radical (unpaired) electrons. The van der Waals surface area contributed by atoms with Crippen LogP contribution in [-0.4, -0.2) is 41.9 Å². The van der Waals surface area contributed by atoms with Gasteiger partial charge in [0.25, 0.3) is 0 Å². The summed E-state index contributed by atoms with van der Waals surface area (Å²) >= 11 is 0. The van der Waals surface area contributed by atoms with Crippen LogP contribution < -0.4 is 9.80 Å². The minimum absolute atomic E-state index is 0.353. The number of Topliss-reactive ketones (excluding diaryl/α,β-unsaturated/α-hetero) is 1. The highest BCUT2D eigenvalue weighted by molar-refractivity contribution is 5.80. The molecule has 0 aliphatic carbocycles. The molecule has 0 saturated carbocycles. The Morgan fingerprint density at radius 2 is 1.84 bits per heavy atom. The number of aromatic nitrogens is 2. The van der Waals surface area contributed by atoms with Crippen molar-refractivity contribution in [3.8, 4) is 0 Å². The van der Waals surface area contributed by atoms with Gasteiger partial charge in [-0.2, -0.15) is 0 Å². The predicted octanol–water partition coefficient (Wildman–Crippen LogP) is 1.80. The monoisotopic (exact) mass is 262 g/mol. The summed E-state index contributed by atoms with van der Waals surface area (Å²) in [6, 6.07) is 2.04. The molecule has 1 fully saturated rings. The minimum Gasteiger partial charge on any atom is -0.357 e. The van der Waals surface area contributed by atoms with Crippen molar-refractivity contribution in [3.63, 3.8) is 0 Å². The van der Waals surface area contributed by atoms with E-state index >= 15 is 0 Å². The molecule has 1 saturated heterocycles. The lowest BCUT2D eigenvalue weighted by atomic mass is 10.1. The zero-order valence-electron chi connectivity index (χ0n) is 12.0. The van der Waals surface area contributed by atoms with Crippen molar-refractivity contribution in [3.05, 3.63) is 11.9 Å². The highest BCUT2D eigenvalue weighted by Crippen LogP contribution is 2.21. The van der Waals surface area contributed by atoms with E-state index in [2.05, 4.69) is 33.6 Å². The Labute approximate surface area is 114 Å². The number of anilines is 2. The van der Waals surface area contributed by atoms with E-state index in [-0.39, 0.29) is 0 Å². The molecule has 5 heteroatoms. The highest BCUT2D eigenvalue weighted by atomic mass is 16.1. The molecule has 1 aromatic rings. The zero-order valence-corrected chi connectivity index (χ0v) is 12.0. The molecule has 1 aliphatic rings. The Bertz CT molecular complexity index is 447. The van der Waals surface area contributed by atoms with E-state index in [1.807, 2.05) is 13.0 Å². The summed E-state index contributed by atoms with van der Waals surface area (Å²) in [6.45, 7) is 9.58. The van der Waals surface area contributed by atoms with Crippen LogP contribution in [0.5, 0.6) is 0 Å². The molecule has 0 aromatic carbocycles. The van der Waals surface area contributed by atoms with E-state index in [9.17, 15) is 4.79 Å². The first-order chi connectivity index (χ1) is 9.13. The number of piperidine rings is 1. The summed E-state index contributed by atoms with van der Waals surface area (Å²) in [7, 11) is 0. The number of hydrogen-bond acceptors (Lipinski definition) is 5. The number of rotatable bonds is 4. The zero-order chi connectivity index (χ0) is 13.8. The van der Waals surface area contributed by atoms with Gasteiger partial charge in [-0.15, -0.1) is 0 Å². The molecular formula is C14H22N4O. The molecule has 5 nitrogen and oxygen atoms in total. The van der Waals surface area contributed by atoms with Gasteiger partial charge < -0.3 is 9.80 Å². The molecule has 1 aromatic heterocycles. The first kappa shape index (κ1) is 13.8. The van der Waals surface area contributed by atoms with Gasteiger partial charge in [-0.1, -0.05) is 0 Å². The van der Waals surface area contributed by atoms with Crippen molar-refractivity contribution < 1.29 is 4.79 Å². The molecular weight excluding hydrogens is 240 g/mol. The van der Waals surface area contributed by atoms with Crippen LogP contribution in [0.15, 0.2) is 6.07 Å². The maximum absolute atomic E-state index is 11.3. The summed E-state index contributed by atoms with van der Waals surface area (Å²) in [5, 5.41) is 0. The fourth-order valence-electron chi connectivity index (χ4n) is 2.39. The second kappa shape index (κ2) is 5.99. The molecule has 19 heavy (non-hydrogen) atoms. The maximum Gasteiger partial charge on any atom is 0.136 e. The summed E-state index contributed by atoms with van der Waals surface area (Å²) in [5.41, 5.74) is 0. The average Bonchev–Trinajstić information content (AvgIpc) is 2.40. The van der Waals surface area contributed by atoms with Gasteiger partial charge in [0.1, 0.15) is 23.2 Å². The topological polar surface area (TPSA) is 49.3 Å². The Hall–Kier alpha value is -1.65. The second-order valence-corrected chi connectivity index (χ2v) is 4.83. The van der Waals surface area contributed by atoms with Gasteiger partial charge in [-0.3, -0.25) is 4.79 Å². The summed E-state index contributed by atoms with van der Waals surface area (Å²) in [5.74, 6) is 3.06. The molecule has 1 aliphatic heterocycles. The van der Waals surface area contributed by atoms with Gasteiger partial charge in [0.2, 0.25) is 0 Å². The highest BCUT2D eigenvalue weighted by Gasteiger charge is 2.19. The molecule has 0 unspecified atom stereocenters. The van der Waals surface area contributed by atoms with Crippen LogP contribution in [0.25, 0.3) is 0 Å². The standard InChI is InChI=1S/C14H22N4O/c1-4-17(5-2)13-10-14(16-11(3)15-13)18-8-6-12(19)7-9-18/h10H,4-9H2,1-3H3. The molecule has 0 amide bonds. The van der Waals surface area contributed by atoms with Crippen molar-refractivity contribution in [2.75, 3.05) is 36.0 Å². The third-order valence-corrected chi connectivity index (χ3v) is 3.54. The number of ketones is 1. The smallest absolute Gasteiger partial charge is 0.136 e. The first-order valence-electron chi connectivity index (χ1n) is 7.01. The number of carbonyl (C=O) groups is 1. The molecule has 2 heterocycles. The van der Waals surface area contributed by atoms with Crippen molar-refractivity contribution in [1.82, 2.24) is 9.97 Å². The lowest BCUT2D eigenvalue weighted by molar-refractivity contribution is -0.119. The largest absolute Gasteiger partial charge is 0.357 e. The second-order valence-electron chi connectivity index (χ2n) is 4.83. The molecule has 104 valence electrons. The van der Waals surface area contributed by atoms with E-state index in [1.165, 1.54) is 0 Å². The van der Waals surface area contributed by atoms with Crippen molar-refractivity contribution in [2.45, 2.75) is 33.6 Å². The Morgan fingerprint density at radius 3 is 2.42 bits per heavy atom. The molecule has 0 bridgehead atoms. The minimum atomic E-state index is 0.353. The van der Waals surface area contributed by atoms with Gasteiger partial charge in [-0.05, 0) is 20.8 Å². The van der Waals surface area contributed by atoms with Gasteiger partial charge in [0, 0.05) is 45.1 Å². The quantitative estimate of drug-likeness (QED) is 0.828. The van der Waals surface area contributed by atoms with Gasteiger partial charge in [0.15, 0.2) is 0 Å². The summed E-state index contributed by atoms with van der Waals surface area (Å²) in [4.78, 5) is 24.7. The van der Waals surface area contributed by atoms with Gasteiger partial charge >= 0.3 is 0 Å². The van der Waals surface area contributed by atoms with E-state index in [0.717, 1.165) is 43.6 Å². The van der Waals surface area contributed by atoms with Crippen LogP contribution in [0.3, 0.4) is 0 Å². The number of carbonyl (C=O) groups excluding carboxylic acids is 1. The average molecular weight is 262 g/mol. The Kier molecular flexibility index (Phi) is 4.35. The summed E-state index contributed by atoms with van der Waals surface area (Å²) in [6.07, 6.45) is 1.26. The van der Waals surface area contributed by atoms with Crippen molar-refractivity contribution in [1.29, 1.82) is 0 Å².